The number of oxazole rings is 1. The van der Waals surface area contributed by atoms with Gasteiger partial charge in [0.25, 0.3) is 0 Å². The maximum absolute atomic E-state index is 12.6. The summed E-state index contributed by atoms with van der Waals surface area (Å²) in [7, 11) is 0. The first-order valence-electron chi connectivity index (χ1n) is 11.6. The lowest BCUT2D eigenvalue weighted by Crippen LogP contribution is -2.00. The van der Waals surface area contributed by atoms with E-state index in [9.17, 15) is 4.79 Å². The van der Waals surface area contributed by atoms with Gasteiger partial charge in [-0.2, -0.15) is 0 Å². The quantitative estimate of drug-likeness (QED) is 0.238. The molecule has 174 valence electrons. The summed E-state index contributed by atoms with van der Waals surface area (Å²) in [4.78, 5) is 21.2. The second-order valence-electron chi connectivity index (χ2n) is 8.26. The molecule has 0 saturated heterocycles. The molecule has 6 heteroatoms. The molecule has 2 aromatic heterocycles. The predicted molar refractivity (Wildman–Crippen MR) is 133 cm³/mol. The number of hydrogen-bond acceptors (Lipinski definition) is 5. The van der Waals surface area contributed by atoms with Crippen molar-refractivity contribution in [2.45, 2.75) is 26.0 Å². The molecule has 5 aromatic rings. The molecule has 5 rings (SSSR count). The van der Waals surface area contributed by atoms with E-state index in [0.717, 1.165) is 30.7 Å². The molecule has 6 nitrogen and oxygen atoms in total. The van der Waals surface area contributed by atoms with Crippen molar-refractivity contribution < 1.29 is 13.9 Å². The highest BCUT2D eigenvalue weighted by Crippen LogP contribution is 2.22. The van der Waals surface area contributed by atoms with Crippen molar-refractivity contribution in [1.29, 1.82) is 0 Å². The minimum atomic E-state index is -0.0115. The molecule has 0 aliphatic heterocycles. The summed E-state index contributed by atoms with van der Waals surface area (Å²) in [6, 6.07) is 24.7. The summed E-state index contributed by atoms with van der Waals surface area (Å²) in [5.41, 5.74) is 4.03. The van der Waals surface area contributed by atoms with E-state index in [0.29, 0.717) is 29.3 Å². The number of imidazole rings is 1. The predicted octanol–water partition coefficient (Wildman–Crippen LogP) is 5.98. The van der Waals surface area contributed by atoms with Crippen LogP contribution in [0.2, 0.25) is 0 Å². The summed E-state index contributed by atoms with van der Waals surface area (Å²) < 4.78 is 13.7. The molecule has 0 N–H and O–H groups in total. The number of hydrogen-bond donors (Lipinski definition) is 0. The monoisotopic (exact) mass is 463 g/mol. The first kappa shape index (κ1) is 22.3. The van der Waals surface area contributed by atoms with E-state index in [-0.39, 0.29) is 5.78 Å². The van der Waals surface area contributed by atoms with Crippen LogP contribution in [0.25, 0.3) is 11.5 Å². The molecule has 35 heavy (non-hydrogen) atoms. The number of carbonyl (C=O) groups is 1. The van der Waals surface area contributed by atoms with Gasteiger partial charge in [-0.3, -0.25) is 4.79 Å². The highest BCUT2D eigenvalue weighted by molar-refractivity contribution is 6.09. The average Bonchev–Trinajstić information content (AvgIpc) is 3.61. The fraction of sp³-hybridized carbons (Fsp3) is 0.138. The zero-order chi connectivity index (χ0) is 23.9. The molecule has 0 fully saturated rings. The number of benzene rings is 3. The lowest BCUT2D eigenvalue weighted by molar-refractivity contribution is 0.103. The highest BCUT2D eigenvalue weighted by atomic mass is 16.5. The Hall–Kier alpha value is -4.45. The normalized spacial score (nSPS) is 10.9. The largest absolute Gasteiger partial charge is 0.487 e. The minimum absolute atomic E-state index is 0.0115. The number of ether oxygens (including phenoxy) is 1. The van der Waals surface area contributed by atoms with E-state index in [2.05, 4.69) is 26.7 Å². The van der Waals surface area contributed by atoms with Gasteiger partial charge in [0.1, 0.15) is 24.3 Å². The Morgan fingerprint density at radius 2 is 1.77 bits per heavy atom. The zero-order valence-corrected chi connectivity index (χ0v) is 19.2. The first-order chi connectivity index (χ1) is 17.2. The molecule has 0 amide bonds. The van der Waals surface area contributed by atoms with Crippen LogP contribution in [0.3, 0.4) is 0 Å². The Morgan fingerprint density at radius 3 is 2.57 bits per heavy atom. The van der Waals surface area contributed by atoms with Gasteiger partial charge in [0.15, 0.2) is 5.78 Å². The van der Waals surface area contributed by atoms with Crippen LogP contribution in [0.4, 0.5) is 0 Å². The van der Waals surface area contributed by atoms with Crippen LogP contribution in [-0.4, -0.2) is 20.3 Å². The smallest absolute Gasteiger partial charge is 0.226 e. The molecule has 0 bridgehead atoms. The maximum Gasteiger partial charge on any atom is 0.226 e. The van der Waals surface area contributed by atoms with Gasteiger partial charge in [0, 0.05) is 35.6 Å². The fourth-order valence-electron chi connectivity index (χ4n) is 3.86. The number of carbonyl (C=O) groups excluding carboxylic acids is 1. The summed E-state index contributed by atoms with van der Waals surface area (Å²) in [6.07, 6.45) is 9.21. The van der Waals surface area contributed by atoms with Gasteiger partial charge in [-0.1, -0.05) is 54.6 Å². The van der Waals surface area contributed by atoms with Gasteiger partial charge in [-0.15, -0.1) is 0 Å². The van der Waals surface area contributed by atoms with Crippen molar-refractivity contribution in [3.63, 3.8) is 0 Å². The van der Waals surface area contributed by atoms with Crippen LogP contribution in [0.15, 0.2) is 108 Å². The summed E-state index contributed by atoms with van der Waals surface area (Å²) in [5, 5.41) is 0. The van der Waals surface area contributed by atoms with Crippen molar-refractivity contribution in [2.24, 2.45) is 0 Å². The summed E-state index contributed by atoms with van der Waals surface area (Å²) in [6.45, 7) is 1.25. The second-order valence-corrected chi connectivity index (χ2v) is 8.26. The molecule has 0 radical (unpaired) electrons. The third kappa shape index (κ3) is 5.73. The topological polar surface area (TPSA) is 70.2 Å². The number of nitrogens with zero attached hydrogens (tertiary/aromatic N) is 3. The second kappa shape index (κ2) is 10.7. The molecule has 0 unspecified atom stereocenters. The van der Waals surface area contributed by atoms with Crippen LogP contribution < -0.4 is 4.74 Å². The van der Waals surface area contributed by atoms with Crippen LogP contribution in [0, 0.1) is 0 Å². The van der Waals surface area contributed by atoms with Crippen molar-refractivity contribution in [3.8, 4) is 17.2 Å². The summed E-state index contributed by atoms with van der Waals surface area (Å²) >= 11 is 0. The van der Waals surface area contributed by atoms with E-state index >= 15 is 0 Å². The molecule has 0 saturated carbocycles. The van der Waals surface area contributed by atoms with E-state index < -0.39 is 0 Å². The first-order valence-corrected chi connectivity index (χ1v) is 11.6. The molecule has 0 aliphatic rings. The average molecular weight is 464 g/mol. The van der Waals surface area contributed by atoms with Crippen LogP contribution in [0.1, 0.15) is 33.6 Å². The van der Waals surface area contributed by atoms with E-state index in [1.54, 1.807) is 24.6 Å². The van der Waals surface area contributed by atoms with Gasteiger partial charge < -0.3 is 13.7 Å². The van der Waals surface area contributed by atoms with E-state index in [4.69, 9.17) is 9.15 Å². The van der Waals surface area contributed by atoms with Crippen molar-refractivity contribution in [1.82, 2.24) is 14.5 Å². The Morgan fingerprint density at radius 1 is 0.943 bits per heavy atom. The molecule has 0 aliphatic carbocycles. The SMILES string of the molecule is O=C(c1ccccc1)c1ccc(-c2nc(COc3cccc(CCCn4ccnc4)c3)co2)cc1. The van der Waals surface area contributed by atoms with Crippen molar-refractivity contribution >= 4 is 5.78 Å². The fourth-order valence-corrected chi connectivity index (χ4v) is 3.86. The molecule has 3 aromatic carbocycles. The number of aromatic nitrogens is 3. The third-order valence-electron chi connectivity index (χ3n) is 5.71. The molecular weight excluding hydrogens is 438 g/mol. The Kier molecular flexibility index (Phi) is 6.80. The molecule has 2 heterocycles. The van der Waals surface area contributed by atoms with Crippen LogP contribution in [0.5, 0.6) is 5.75 Å². The number of rotatable bonds is 10. The Balaban J connectivity index is 1.16. The maximum atomic E-state index is 12.6. The van der Waals surface area contributed by atoms with Crippen molar-refractivity contribution in [2.75, 3.05) is 0 Å². The minimum Gasteiger partial charge on any atom is -0.487 e. The summed E-state index contributed by atoms with van der Waals surface area (Å²) in [5.74, 6) is 1.29. The Labute approximate surface area is 203 Å². The molecular formula is C29H25N3O3. The van der Waals surface area contributed by atoms with Crippen molar-refractivity contribution in [3.05, 3.63) is 126 Å². The molecule has 0 spiro atoms. The van der Waals surface area contributed by atoms with Gasteiger partial charge >= 0.3 is 0 Å². The Bertz CT molecular complexity index is 1370. The van der Waals surface area contributed by atoms with Crippen LogP contribution in [-0.2, 0) is 19.6 Å². The highest BCUT2D eigenvalue weighted by Gasteiger charge is 2.11. The third-order valence-corrected chi connectivity index (χ3v) is 5.71. The van der Waals surface area contributed by atoms with E-state index in [1.807, 2.05) is 67.1 Å². The number of ketones is 1. The number of aryl methyl sites for hydroxylation is 2. The van der Waals surface area contributed by atoms with Gasteiger partial charge in [0.05, 0.1) is 6.33 Å². The zero-order valence-electron chi connectivity index (χ0n) is 19.2. The van der Waals surface area contributed by atoms with Gasteiger partial charge in [-0.25, -0.2) is 9.97 Å². The standard InChI is InChI=1S/C29H25N3O3/c33-28(23-8-2-1-3-9-23)24-11-13-25(14-12-24)29-31-26(20-35-29)19-34-27-10-4-6-22(18-27)7-5-16-32-17-15-30-21-32/h1-4,6,8-15,17-18,20-21H,5,7,16,19H2. The van der Waals surface area contributed by atoms with Gasteiger partial charge in [0.2, 0.25) is 5.89 Å². The lowest BCUT2D eigenvalue weighted by Gasteiger charge is -2.07. The van der Waals surface area contributed by atoms with Gasteiger partial charge in [-0.05, 0) is 42.7 Å². The van der Waals surface area contributed by atoms with E-state index in [1.165, 1.54) is 5.56 Å². The lowest BCUT2D eigenvalue weighted by atomic mass is 10.0. The van der Waals surface area contributed by atoms with Crippen LogP contribution >= 0.6 is 0 Å². The molecule has 0 atom stereocenters.